The van der Waals surface area contributed by atoms with Crippen LogP contribution in [0.15, 0.2) is 48.5 Å². The second-order valence-electron chi connectivity index (χ2n) is 4.64. The molecule has 0 unspecified atom stereocenters. The highest BCUT2D eigenvalue weighted by Gasteiger charge is 2.33. The molecule has 0 spiro atoms. The van der Waals surface area contributed by atoms with E-state index in [9.17, 15) is 13.2 Å². The van der Waals surface area contributed by atoms with Crippen molar-refractivity contribution in [1.29, 1.82) is 0 Å². The van der Waals surface area contributed by atoms with E-state index in [1.165, 1.54) is 18.2 Å². The molecular formula is C16H16F3NO. The number of halogens is 3. The maximum Gasteiger partial charge on any atom is 0.419 e. The molecule has 0 amide bonds. The molecule has 2 aromatic rings. The molecule has 2 aromatic carbocycles. The Labute approximate surface area is 121 Å². The van der Waals surface area contributed by atoms with Crippen molar-refractivity contribution in [3.8, 4) is 5.75 Å². The van der Waals surface area contributed by atoms with Crippen LogP contribution in [0.5, 0.6) is 5.75 Å². The topological polar surface area (TPSA) is 35.2 Å². The van der Waals surface area contributed by atoms with E-state index in [2.05, 4.69) is 0 Å². The minimum Gasteiger partial charge on any atom is -0.488 e. The molecule has 0 radical (unpaired) electrons. The van der Waals surface area contributed by atoms with E-state index < -0.39 is 11.7 Å². The van der Waals surface area contributed by atoms with Crippen molar-refractivity contribution in [2.24, 2.45) is 5.73 Å². The summed E-state index contributed by atoms with van der Waals surface area (Å²) in [4.78, 5) is 0. The lowest BCUT2D eigenvalue weighted by Gasteiger charge is -2.13. The maximum atomic E-state index is 12.8. The van der Waals surface area contributed by atoms with Crippen molar-refractivity contribution in [2.75, 3.05) is 6.54 Å². The molecule has 0 aliphatic rings. The number of hydrogen-bond acceptors (Lipinski definition) is 2. The van der Waals surface area contributed by atoms with Gasteiger partial charge in [0.15, 0.2) is 0 Å². The Hall–Kier alpha value is -2.01. The number of para-hydroxylation sites is 1. The highest BCUT2D eigenvalue weighted by molar-refractivity contribution is 5.36. The number of rotatable bonds is 5. The molecular weight excluding hydrogens is 279 g/mol. The summed E-state index contributed by atoms with van der Waals surface area (Å²) >= 11 is 0. The molecule has 0 aromatic heterocycles. The lowest BCUT2D eigenvalue weighted by Crippen LogP contribution is -2.08. The van der Waals surface area contributed by atoms with Gasteiger partial charge in [-0.25, -0.2) is 0 Å². The Morgan fingerprint density at radius 2 is 1.52 bits per heavy atom. The van der Waals surface area contributed by atoms with Gasteiger partial charge >= 0.3 is 6.18 Å². The third kappa shape index (κ3) is 4.23. The van der Waals surface area contributed by atoms with Gasteiger partial charge in [-0.15, -0.1) is 0 Å². The van der Waals surface area contributed by atoms with Crippen molar-refractivity contribution in [3.05, 3.63) is 65.2 Å². The fourth-order valence-corrected chi connectivity index (χ4v) is 1.96. The van der Waals surface area contributed by atoms with Crippen molar-refractivity contribution in [3.63, 3.8) is 0 Å². The lowest BCUT2D eigenvalue weighted by molar-refractivity contribution is -0.139. The Bertz CT molecular complexity index is 579. The summed E-state index contributed by atoms with van der Waals surface area (Å²) in [7, 11) is 0. The molecule has 0 aliphatic heterocycles. The molecule has 2 nitrogen and oxygen atoms in total. The van der Waals surface area contributed by atoms with Crippen LogP contribution >= 0.6 is 0 Å². The molecule has 0 bridgehead atoms. The molecule has 0 saturated carbocycles. The molecule has 0 aliphatic carbocycles. The van der Waals surface area contributed by atoms with Gasteiger partial charge in [0, 0.05) is 0 Å². The first-order chi connectivity index (χ1) is 10.0. The average molecular weight is 295 g/mol. The Morgan fingerprint density at radius 1 is 0.905 bits per heavy atom. The minimum atomic E-state index is -4.42. The molecule has 2 rings (SSSR count). The second-order valence-corrected chi connectivity index (χ2v) is 4.64. The quantitative estimate of drug-likeness (QED) is 0.911. The fraction of sp³-hybridized carbons (Fsp3) is 0.250. The first kappa shape index (κ1) is 15.4. The standard InChI is InChI=1S/C16H16F3NO/c17-16(18,19)14-3-1-2-4-15(14)21-11-13-7-5-12(6-8-13)9-10-20/h1-8H,9-11,20H2. The van der Waals surface area contributed by atoms with Gasteiger partial charge in [-0.3, -0.25) is 0 Å². The molecule has 5 heteroatoms. The summed E-state index contributed by atoms with van der Waals surface area (Å²) in [5, 5.41) is 0. The van der Waals surface area contributed by atoms with Crippen molar-refractivity contribution in [2.45, 2.75) is 19.2 Å². The Kier molecular flexibility index (Phi) is 4.85. The van der Waals surface area contributed by atoms with E-state index >= 15 is 0 Å². The van der Waals surface area contributed by atoms with E-state index in [1.807, 2.05) is 24.3 Å². The van der Waals surface area contributed by atoms with Crippen LogP contribution < -0.4 is 10.5 Å². The van der Waals surface area contributed by atoms with Crippen LogP contribution in [0.25, 0.3) is 0 Å². The van der Waals surface area contributed by atoms with Crippen LogP contribution in [-0.2, 0) is 19.2 Å². The summed E-state index contributed by atoms with van der Waals surface area (Å²) in [5.41, 5.74) is 6.61. The summed E-state index contributed by atoms with van der Waals surface area (Å²) in [6.07, 6.45) is -3.64. The van der Waals surface area contributed by atoms with Gasteiger partial charge < -0.3 is 10.5 Å². The van der Waals surface area contributed by atoms with E-state index in [4.69, 9.17) is 10.5 Å². The zero-order chi connectivity index (χ0) is 15.3. The first-order valence-electron chi connectivity index (χ1n) is 6.57. The van der Waals surface area contributed by atoms with Crippen LogP contribution in [-0.4, -0.2) is 6.54 Å². The molecule has 21 heavy (non-hydrogen) atoms. The van der Waals surface area contributed by atoms with Crippen molar-refractivity contribution >= 4 is 0 Å². The molecule has 112 valence electrons. The van der Waals surface area contributed by atoms with E-state index in [-0.39, 0.29) is 12.4 Å². The highest BCUT2D eigenvalue weighted by atomic mass is 19.4. The smallest absolute Gasteiger partial charge is 0.419 e. The summed E-state index contributed by atoms with van der Waals surface area (Å²) < 4.78 is 43.8. The van der Waals surface area contributed by atoms with Gasteiger partial charge in [0.05, 0.1) is 5.56 Å². The third-order valence-corrected chi connectivity index (χ3v) is 3.04. The number of benzene rings is 2. The minimum absolute atomic E-state index is 0.0933. The number of hydrogen-bond donors (Lipinski definition) is 1. The summed E-state index contributed by atoms with van der Waals surface area (Å²) in [6.45, 7) is 0.658. The van der Waals surface area contributed by atoms with Gasteiger partial charge in [-0.2, -0.15) is 13.2 Å². The molecule has 0 fully saturated rings. The molecule has 0 atom stereocenters. The zero-order valence-corrected chi connectivity index (χ0v) is 11.4. The molecule has 0 saturated heterocycles. The third-order valence-electron chi connectivity index (χ3n) is 3.04. The second kappa shape index (κ2) is 6.63. The normalized spacial score (nSPS) is 11.4. The van der Waals surface area contributed by atoms with E-state index in [1.54, 1.807) is 0 Å². The summed E-state index contributed by atoms with van der Waals surface area (Å²) in [5.74, 6) is -0.156. The monoisotopic (exact) mass is 295 g/mol. The van der Waals surface area contributed by atoms with Crippen LogP contribution in [0.1, 0.15) is 16.7 Å². The van der Waals surface area contributed by atoms with Gasteiger partial charge in [-0.1, -0.05) is 36.4 Å². The number of ether oxygens (including phenoxy) is 1. The van der Waals surface area contributed by atoms with Crippen LogP contribution in [0.3, 0.4) is 0 Å². The van der Waals surface area contributed by atoms with Gasteiger partial charge in [-0.05, 0) is 36.2 Å². The van der Waals surface area contributed by atoms with Crippen LogP contribution in [0, 0.1) is 0 Å². The van der Waals surface area contributed by atoms with Crippen molar-refractivity contribution in [1.82, 2.24) is 0 Å². The lowest BCUT2D eigenvalue weighted by atomic mass is 10.1. The van der Waals surface area contributed by atoms with E-state index in [0.717, 1.165) is 23.6 Å². The largest absolute Gasteiger partial charge is 0.488 e. The number of nitrogens with two attached hydrogens (primary N) is 1. The first-order valence-corrected chi connectivity index (χ1v) is 6.57. The molecule has 0 heterocycles. The predicted molar refractivity (Wildman–Crippen MR) is 75.0 cm³/mol. The average Bonchev–Trinajstić information content (AvgIpc) is 2.46. The van der Waals surface area contributed by atoms with Gasteiger partial charge in [0.2, 0.25) is 0 Å². The molecule has 2 N–H and O–H groups in total. The Balaban J connectivity index is 2.06. The Morgan fingerprint density at radius 3 is 2.14 bits per heavy atom. The van der Waals surface area contributed by atoms with Gasteiger partial charge in [0.1, 0.15) is 12.4 Å². The highest BCUT2D eigenvalue weighted by Crippen LogP contribution is 2.36. The summed E-state index contributed by atoms with van der Waals surface area (Å²) in [6, 6.07) is 12.7. The predicted octanol–water partition coefficient (Wildman–Crippen LogP) is 3.79. The van der Waals surface area contributed by atoms with E-state index in [0.29, 0.717) is 6.54 Å². The number of alkyl halides is 3. The van der Waals surface area contributed by atoms with Gasteiger partial charge in [0.25, 0.3) is 0 Å². The zero-order valence-electron chi connectivity index (χ0n) is 11.4. The fourth-order valence-electron chi connectivity index (χ4n) is 1.96. The maximum absolute atomic E-state index is 12.8. The SMILES string of the molecule is NCCc1ccc(COc2ccccc2C(F)(F)F)cc1. The van der Waals surface area contributed by atoms with Crippen LogP contribution in [0.4, 0.5) is 13.2 Å². The van der Waals surface area contributed by atoms with Crippen molar-refractivity contribution < 1.29 is 17.9 Å². The van der Waals surface area contributed by atoms with Crippen LogP contribution in [0.2, 0.25) is 0 Å².